The van der Waals surface area contributed by atoms with Crippen molar-refractivity contribution in [2.45, 2.75) is 97.2 Å². The van der Waals surface area contributed by atoms with Gasteiger partial charge in [0.25, 0.3) is 0 Å². The van der Waals surface area contributed by atoms with Crippen molar-refractivity contribution in [3.05, 3.63) is 22.7 Å². The van der Waals surface area contributed by atoms with E-state index < -0.39 is 0 Å². The van der Waals surface area contributed by atoms with Crippen LogP contribution in [0.15, 0.2) is 22.7 Å². The standard InChI is InChI=1S/C20H33BO2/c1-6-15-7-9-16(10-8-15)17-11-13-18(14-12-17)21-22-19(2,3)20(4,5)23-21/h13,15H,6-12,14H2,1-5H3. The maximum absolute atomic E-state index is 6.21. The summed E-state index contributed by atoms with van der Waals surface area (Å²) in [5, 5.41) is 0. The van der Waals surface area contributed by atoms with E-state index in [4.69, 9.17) is 9.31 Å². The van der Waals surface area contributed by atoms with Crippen LogP contribution in [-0.4, -0.2) is 18.3 Å². The van der Waals surface area contributed by atoms with E-state index in [0.29, 0.717) is 0 Å². The molecule has 0 unspecified atom stereocenters. The summed E-state index contributed by atoms with van der Waals surface area (Å²) in [6, 6.07) is 0. The molecule has 3 heteroatoms. The molecule has 1 saturated heterocycles. The van der Waals surface area contributed by atoms with Crippen molar-refractivity contribution >= 4 is 7.12 Å². The summed E-state index contributed by atoms with van der Waals surface area (Å²) in [5.41, 5.74) is 4.37. The lowest BCUT2D eigenvalue weighted by atomic mass is 9.70. The molecule has 0 amide bonds. The van der Waals surface area contributed by atoms with Gasteiger partial charge < -0.3 is 9.31 Å². The molecule has 1 heterocycles. The molecule has 0 bridgehead atoms. The molecule has 1 saturated carbocycles. The van der Waals surface area contributed by atoms with Gasteiger partial charge in [-0.3, -0.25) is 0 Å². The molecule has 2 aliphatic carbocycles. The van der Waals surface area contributed by atoms with Gasteiger partial charge in [0.2, 0.25) is 0 Å². The Bertz CT molecular complexity index is 490. The van der Waals surface area contributed by atoms with Crippen molar-refractivity contribution < 1.29 is 9.31 Å². The van der Waals surface area contributed by atoms with E-state index >= 15 is 0 Å². The molecule has 3 aliphatic rings. The highest BCUT2D eigenvalue weighted by Crippen LogP contribution is 2.42. The average molecular weight is 316 g/mol. The van der Waals surface area contributed by atoms with E-state index in [0.717, 1.165) is 18.8 Å². The Morgan fingerprint density at radius 2 is 1.57 bits per heavy atom. The lowest BCUT2D eigenvalue weighted by Crippen LogP contribution is -2.41. The smallest absolute Gasteiger partial charge is 0.400 e. The highest BCUT2D eigenvalue weighted by Gasteiger charge is 2.52. The zero-order valence-corrected chi connectivity index (χ0v) is 15.7. The number of allylic oxidation sites excluding steroid dienone is 4. The Kier molecular flexibility index (Phi) is 4.82. The first kappa shape index (κ1) is 17.3. The minimum absolute atomic E-state index is 0.137. The summed E-state index contributed by atoms with van der Waals surface area (Å²) in [7, 11) is -0.137. The SMILES string of the molecule is CCC1CCC(=C2CC=C(B3OC(C)(C)C(C)(C)O3)CC2)CC1. The molecule has 3 rings (SSSR count). The molecule has 1 aliphatic heterocycles. The van der Waals surface area contributed by atoms with Crippen LogP contribution in [0.4, 0.5) is 0 Å². The Hall–Kier alpha value is -0.535. The van der Waals surface area contributed by atoms with Gasteiger partial charge in [0, 0.05) is 0 Å². The predicted molar refractivity (Wildman–Crippen MR) is 97.3 cm³/mol. The van der Waals surface area contributed by atoms with Gasteiger partial charge in [-0.25, -0.2) is 0 Å². The summed E-state index contributed by atoms with van der Waals surface area (Å²) in [6.45, 7) is 10.9. The quantitative estimate of drug-likeness (QED) is 0.486. The van der Waals surface area contributed by atoms with Gasteiger partial charge in [0.05, 0.1) is 11.2 Å². The third-order valence-electron chi connectivity index (χ3n) is 6.67. The second kappa shape index (κ2) is 6.40. The second-order valence-electron chi connectivity index (χ2n) is 8.63. The van der Waals surface area contributed by atoms with Gasteiger partial charge in [-0.15, -0.1) is 0 Å². The summed E-state index contributed by atoms with van der Waals surface area (Å²) in [6.07, 6.45) is 12.7. The van der Waals surface area contributed by atoms with Gasteiger partial charge in [-0.05, 0) is 84.0 Å². The van der Waals surface area contributed by atoms with Crippen LogP contribution in [0.5, 0.6) is 0 Å². The average Bonchev–Trinajstić information content (AvgIpc) is 2.76. The van der Waals surface area contributed by atoms with Crippen LogP contribution in [0, 0.1) is 5.92 Å². The van der Waals surface area contributed by atoms with Crippen LogP contribution >= 0.6 is 0 Å². The third-order valence-corrected chi connectivity index (χ3v) is 6.67. The highest BCUT2D eigenvalue weighted by molar-refractivity contribution is 6.54. The zero-order valence-electron chi connectivity index (χ0n) is 15.7. The van der Waals surface area contributed by atoms with E-state index in [-0.39, 0.29) is 18.3 Å². The molecule has 0 radical (unpaired) electrons. The molecule has 0 N–H and O–H groups in total. The first-order valence-electron chi connectivity index (χ1n) is 9.56. The van der Waals surface area contributed by atoms with Gasteiger partial charge in [0.15, 0.2) is 0 Å². The van der Waals surface area contributed by atoms with E-state index in [1.807, 2.05) is 0 Å². The number of hydrogen-bond donors (Lipinski definition) is 0. The van der Waals surface area contributed by atoms with E-state index in [1.54, 1.807) is 11.1 Å². The Morgan fingerprint density at radius 3 is 2.04 bits per heavy atom. The normalized spacial score (nSPS) is 30.6. The lowest BCUT2D eigenvalue weighted by Gasteiger charge is -2.32. The molecule has 0 aromatic heterocycles. The highest BCUT2D eigenvalue weighted by atomic mass is 16.7. The Morgan fingerprint density at radius 1 is 0.957 bits per heavy atom. The Balaban J connectivity index is 1.64. The maximum atomic E-state index is 6.21. The van der Waals surface area contributed by atoms with Crippen molar-refractivity contribution in [2.24, 2.45) is 5.92 Å². The van der Waals surface area contributed by atoms with Crippen molar-refractivity contribution in [2.75, 3.05) is 0 Å². The van der Waals surface area contributed by atoms with Gasteiger partial charge in [-0.1, -0.05) is 30.6 Å². The fourth-order valence-corrected chi connectivity index (χ4v) is 4.07. The molecule has 2 nitrogen and oxygen atoms in total. The molecule has 0 spiro atoms. The first-order valence-corrected chi connectivity index (χ1v) is 9.56. The second-order valence-corrected chi connectivity index (χ2v) is 8.63. The summed E-state index contributed by atoms with van der Waals surface area (Å²) >= 11 is 0. The molecule has 23 heavy (non-hydrogen) atoms. The largest absolute Gasteiger partial charge is 0.490 e. The van der Waals surface area contributed by atoms with Crippen molar-refractivity contribution in [3.8, 4) is 0 Å². The van der Waals surface area contributed by atoms with Crippen molar-refractivity contribution in [3.63, 3.8) is 0 Å². The topological polar surface area (TPSA) is 18.5 Å². The summed E-state index contributed by atoms with van der Waals surface area (Å²) in [5.74, 6) is 0.971. The fourth-order valence-electron chi connectivity index (χ4n) is 4.07. The van der Waals surface area contributed by atoms with Crippen LogP contribution in [0.3, 0.4) is 0 Å². The number of rotatable bonds is 2. The Labute approximate surface area is 142 Å². The summed E-state index contributed by atoms with van der Waals surface area (Å²) in [4.78, 5) is 0. The minimum Gasteiger partial charge on any atom is -0.400 e. The van der Waals surface area contributed by atoms with Crippen molar-refractivity contribution in [1.82, 2.24) is 0 Å². The molecule has 128 valence electrons. The molecular formula is C20H33BO2. The summed E-state index contributed by atoms with van der Waals surface area (Å²) < 4.78 is 12.4. The zero-order chi connectivity index (χ0) is 16.7. The third kappa shape index (κ3) is 3.46. The van der Waals surface area contributed by atoms with Crippen LogP contribution < -0.4 is 0 Å². The minimum atomic E-state index is -0.226. The predicted octanol–water partition coefficient (Wildman–Crippen LogP) is 5.62. The molecule has 2 fully saturated rings. The van der Waals surface area contributed by atoms with E-state index in [1.165, 1.54) is 44.0 Å². The molecule has 0 atom stereocenters. The fraction of sp³-hybridized carbons (Fsp3) is 0.800. The lowest BCUT2D eigenvalue weighted by molar-refractivity contribution is 0.00578. The maximum Gasteiger partial charge on any atom is 0.490 e. The van der Waals surface area contributed by atoms with Crippen LogP contribution in [0.25, 0.3) is 0 Å². The first-order chi connectivity index (χ1) is 10.8. The molecular weight excluding hydrogens is 283 g/mol. The molecule has 0 aromatic rings. The van der Waals surface area contributed by atoms with E-state index in [2.05, 4.69) is 40.7 Å². The van der Waals surface area contributed by atoms with Gasteiger partial charge >= 0.3 is 7.12 Å². The molecule has 0 aromatic carbocycles. The van der Waals surface area contributed by atoms with E-state index in [9.17, 15) is 0 Å². The van der Waals surface area contributed by atoms with Crippen LogP contribution in [0.2, 0.25) is 0 Å². The number of hydrogen-bond acceptors (Lipinski definition) is 2. The monoisotopic (exact) mass is 316 g/mol. The van der Waals surface area contributed by atoms with Gasteiger partial charge in [0.1, 0.15) is 0 Å². The van der Waals surface area contributed by atoms with Crippen LogP contribution in [0.1, 0.15) is 86.0 Å². The van der Waals surface area contributed by atoms with Crippen molar-refractivity contribution in [1.29, 1.82) is 0 Å². The van der Waals surface area contributed by atoms with Gasteiger partial charge in [-0.2, -0.15) is 0 Å². The van der Waals surface area contributed by atoms with Crippen LogP contribution in [-0.2, 0) is 9.31 Å².